The summed E-state index contributed by atoms with van der Waals surface area (Å²) in [6.45, 7) is 1.50. The highest BCUT2D eigenvalue weighted by Crippen LogP contribution is 2.38. The van der Waals surface area contributed by atoms with Crippen LogP contribution in [0.2, 0.25) is 0 Å². The number of amides is 1. The molecule has 132 valence electrons. The Morgan fingerprint density at radius 3 is 2.80 bits per heavy atom. The Bertz CT molecular complexity index is 752. The topological polar surface area (TPSA) is 68.5 Å². The number of rotatable bonds is 5. The number of nitrogens with zero attached hydrogens (tertiary/aromatic N) is 3. The summed E-state index contributed by atoms with van der Waals surface area (Å²) < 4.78 is 24.3. The second kappa shape index (κ2) is 6.92. The highest BCUT2D eigenvalue weighted by molar-refractivity contribution is 5.94. The molecule has 25 heavy (non-hydrogen) atoms. The van der Waals surface area contributed by atoms with Crippen LogP contribution < -0.4 is 0 Å². The van der Waals surface area contributed by atoms with Gasteiger partial charge in [0, 0.05) is 24.6 Å². The molecule has 6 nitrogen and oxygen atoms in total. The van der Waals surface area contributed by atoms with Crippen LogP contribution in [-0.4, -0.2) is 40.1 Å². The van der Waals surface area contributed by atoms with Crippen LogP contribution in [0, 0.1) is 5.82 Å². The summed E-state index contributed by atoms with van der Waals surface area (Å²) in [4.78, 5) is 18.5. The fourth-order valence-corrected chi connectivity index (χ4v) is 3.05. The maximum Gasteiger partial charge on any atom is 0.253 e. The van der Waals surface area contributed by atoms with Gasteiger partial charge in [-0.2, -0.15) is 4.98 Å². The zero-order valence-corrected chi connectivity index (χ0v) is 13.9. The van der Waals surface area contributed by atoms with Gasteiger partial charge in [-0.15, -0.1) is 0 Å². The largest absolute Gasteiger partial charge is 0.368 e. The van der Waals surface area contributed by atoms with Gasteiger partial charge in [0.2, 0.25) is 0 Å². The minimum Gasteiger partial charge on any atom is -0.368 e. The Morgan fingerprint density at radius 2 is 2.08 bits per heavy atom. The standard InChI is InChI=1S/C18H20FN3O3/c19-14-3-1-2-13(10-14)18(23)22-8-6-15(7-9-22)24-11-16-20-17(21-25-16)12-4-5-12/h1-3,10,12,15H,4-9,11H2. The summed E-state index contributed by atoms with van der Waals surface area (Å²) in [6, 6.07) is 5.81. The molecule has 7 heteroatoms. The molecule has 0 radical (unpaired) electrons. The number of benzene rings is 1. The number of hydrogen-bond donors (Lipinski definition) is 0. The van der Waals surface area contributed by atoms with Gasteiger partial charge >= 0.3 is 0 Å². The van der Waals surface area contributed by atoms with E-state index in [1.807, 2.05) is 0 Å². The first-order chi connectivity index (χ1) is 12.2. The molecule has 2 heterocycles. The van der Waals surface area contributed by atoms with E-state index in [2.05, 4.69) is 10.1 Å². The normalized spacial score (nSPS) is 18.5. The Hall–Kier alpha value is -2.28. The van der Waals surface area contributed by atoms with Crippen LogP contribution in [0.4, 0.5) is 4.39 Å². The van der Waals surface area contributed by atoms with E-state index >= 15 is 0 Å². The number of hydrogen-bond acceptors (Lipinski definition) is 5. The molecule has 1 saturated carbocycles. The number of carbonyl (C=O) groups excluding carboxylic acids is 1. The average molecular weight is 345 g/mol. The number of ether oxygens (including phenoxy) is 1. The van der Waals surface area contributed by atoms with Crippen molar-refractivity contribution in [1.82, 2.24) is 15.0 Å². The maximum atomic E-state index is 13.3. The SMILES string of the molecule is O=C(c1cccc(F)c1)N1CCC(OCc2nc(C3CC3)no2)CC1. The lowest BCUT2D eigenvalue weighted by atomic mass is 10.1. The lowest BCUT2D eigenvalue weighted by molar-refractivity contribution is -0.00978. The molecule has 1 aromatic carbocycles. The summed E-state index contributed by atoms with van der Waals surface area (Å²) in [5.74, 6) is 1.24. The van der Waals surface area contributed by atoms with Crippen molar-refractivity contribution in [3.63, 3.8) is 0 Å². The van der Waals surface area contributed by atoms with E-state index in [0.29, 0.717) is 37.1 Å². The molecule has 2 aliphatic rings. The summed E-state index contributed by atoms with van der Waals surface area (Å²) in [5, 5.41) is 3.97. The van der Waals surface area contributed by atoms with E-state index in [1.165, 1.54) is 12.1 Å². The molecule has 0 N–H and O–H groups in total. The highest BCUT2D eigenvalue weighted by Gasteiger charge is 2.29. The first-order valence-electron chi connectivity index (χ1n) is 8.68. The maximum absolute atomic E-state index is 13.3. The molecular weight excluding hydrogens is 325 g/mol. The number of likely N-dealkylation sites (tertiary alicyclic amines) is 1. The van der Waals surface area contributed by atoms with Crippen molar-refractivity contribution < 1.29 is 18.4 Å². The summed E-state index contributed by atoms with van der Waals surface area (Å²) in [5.41, 5.74) is 0.387. The smallest absolute Gasteiger partial charge is 0.253 e. The third-order valence-electron chi connectivity index (χ3n) is 4.67. The van der Waals surface area contributed by atoms with E-state index in [0.717, 1.165) is 31.5 Å². The molecule has 0 unspecified atom stereocenters. The molecule has 1 aromatic heterocycles. The summed E-state index contributed by atoms with van der Waals surface area (Å²) >= 11 is 0. The average Bonchev–Trinajstić information content (AvgIpc) is 3.38. The van der Waals surface area contributed by atoms with Crippen molar-refractivity contribution in [2.24, 2.45) is 0 Å². The number of carbonyl (C=O) groups is 1. The third kappa shape index (κ3) is 3.87. The van der Waals surface area contributed by atoms with Gasteiger partial charge in [0.1, 0.15) is 12.4 Å². The number of aromatic nitrogens is 2. The lowest BCUT2D eigenvalue weighted by Gasteiger charge is -2.31. The minimum atomic E-state index is -0.394. The molecule has 0 spiro atoms. The van der Waals surface area contributed by atoms with E-state index in [-0.39, 0.29) is 12.0 Å². The lowest BCUT2D eigenvalue weighted by Crippen LogP contribution is -2.40. The molecule has 1 aliphatic carbocycles. The van der Waals surface area contributed by atoms with Crippen LogP contribution in [0.1, 0.15) is 53.7 Å². The molecule has 1 saturated heterocycles. The molecule has 0 atom stereocenters. The number of piperidine rings is 1. The van der Waals surface area contributed by atoms with E-state index in [1.54, 1.807) is 17.0 Å². The van der Waals surface area contributed by atoms with Crippen molar-refractivity contribution in [2.45, 2.75) is 44.3 Å². The van der Waals surface area contributed by atoms with Crippen molar-refractivity contribution in [2.75, 3.05) is 13.1 Å². The quantitative estimate of drug-likeness (QED) is 0.833. The van der Waals surface area contributed by atoms with Crippen LogP contribution >= 0.6 is 0 Å². The van der Waals surface area contributed by atoms with Crippen LogP contribution in [0.3, 0.4) is 0 Å². The van der Waals surface area contributed by atoms with Gasteiger partial charge in [0.05, 0.1) is 6.10 Å². The minimum absolute atomic E-state index is 0.0628. The van der Waals surface area contributed by atoms with Crippen LogP contribution in [-0.2, 0) is 11.3 Å². The van der Waals surface area contributed by atoms with Gasteiger partial charge in [-0.3, -0.25) is 4.79 Å². The molecule has 4 rings (SSSR count). The van der Waals surface area contributed by atoms with Crippen molar-refractivity contribution in [3.8, 4) is 0 Å². The van der Waals surface area contributed by atoms with Crippen LogP contribution in [0.25, 0.3) is 0 Å². The first kappa shape index (κ1) is 16.2. The van der Waals surface area contributed by atoms with Crippen molar-refractivity contribution in [1.29, 1.82) is 0 Å². The zero-order valence-electron chi connectivity index (χ0n) is 13.9. The second-order valence-corrected chi connectivity index (χ2v) is 6.63. The number of halogens is 1. The van der Waals surface area contributed by atoms with Crippen LogP contribution in [0.15, 0.2) is 28.8 Å². The fraction of sp³-hybridized carbons (Fsp3) is 0.500. The first-order valence-corrected chi connectivity index (χ1v) is 8.68. The van der Waals surface area contributed by atoms with Gasteiger partial charge < -0.3 is 14.2 Å². The predicted molar refractivity (Wildman–Crippen MR) is 86.4 cm³/mol. The Balaban J connectivity index is 1.25. The molecular formula is C18H20FN3O3. The molecule has 1 aliphatic heterocycles. The highest BCUT2D eigenvalue weighted by atomic mass is 19.1. The molecule has 0 bridgehead atoms. The van der Waals surface area contributed by atoms with Gasteiger partial charge in [-0.05, 0) is 43.9 Å². The molecule has 2 fully saturated rings. The second-order valence-electron chi connectivity index (χ2n) is 6.63. The van der Waals surface area contributed by atoms with Gasteiger partial charge in [-0.1, -0.05) is 11.2 Å². The van der Waals surface area contributed by atoms with Crippen molar-refractivity contribution in [3.05, 3.63) is 47.4 Å². The van der Waals surface area contributed by atoms with Gasteiger partial charge in [0.25, 0.3) is 11.8 Å². The van der Waals surface area contributed by atoms with Crippen LogP contribution in [0.5, 0.6) is 0 Å². The Kier molecular flexibility index (Phi) is 4.48. The van der Waals surface area contributed by atoms with E-state index < -0.39 is 5.82 Å². The van der Waals surface area contributed by atoms with Crippen molar-refractivity contribution >= 4 is 5.91 Å². The van der Waals surface area contributed by atoms with Gasteiger partial charge in [-0.25, -0.2) is 4.39 Å². The Labute approximate surface area is 145 Å². The Morgan fingerprint density at radius 1 is 1.28 bits per heavy atom. The molecule has 1 amide bonds. The fourth-order valence-electron chi connectivity index (χ4n) is 3.05. The van der Waals surface area contributed by atoms with E-state index in [4.69, 9.17) is 9.26 Å². The third-order valence-corrected chi connectivity index (χ3v) is 4.67. The van der Waals surface area contributed by atoms with Gasteiger partial charge in [0.15, 0.2) is 5.82 Å². The zero-order chi connectivity index (χ0) is 17.2. The molecule has 2 aromatic rings. The predicted octanol–water partition coefficient (Wildman–Crippen LogP) is 2.91. The monoisotopic (exact) mass is 345 g/mol. The summed E-state index contributed by atoms with van der Waals surface area (Å²) in [7, 11) is 0. The van der Waals surface area contributed by atoms with E-state index in [9.17, 15) is 9.18 Å². The summed E-state index contributed by atoms with van der Waals surface area (Å²) in [6.07, 6.45) is 3.82.